The molecule has 3 heterocycles. The number of amides is 2. The molecule has 0 unspecified atom stereocenters. The van der Waals surface area contributed by atoms with Crippen molar-refractivity contribution in [1.29, 1.82) is 0 Å². The summed E-state index contributed by atoms with van der Waals surface area (Å²) in [7, 11) is -0.703. The first kappa shape index (κ1) is 43.8. The van der Waals surface area contributed by atoms with E-state index in [4.69, 9.17) is 25.5 Å². The van der Waals surface area contributed by atoms with Gasteiger partial charge >= 0.3 is 6.09 Å². The monoisotopic (exact) mass is 860 g/mol. The normalized spacial score (nSPS) is 14.6. The zero-order valence-electron chi connectivity index (χ0n) is 34.3. The SMILES string of the molecule is COc1cc(NC(=O)CCN2CCC(OC(=O)Nc3scnc3-c3ccccc3)CC2)c(Cl)cc1CNC[C@H](O[Si](C)(C)C(C)(C)C)c1ccc(O)c2[nH]c(=O)ccc12. The molecule has 13 nitrogen and oxygen atoms in total. The van der Waals surface area contributed by atoms with Crippen LogP contribution in [-0.4, -0.2) is 79.7 Å². The van der Waals surface area contributed by atoms with Crippen LogP contribution >= 0.6 is 22.9 Å². The number of carbonyl (C=O) groups is 2. The van der Waals surface area contributed by atoms with E-state index in [1.165, 1.54) is 17.4 Å². The number of pyridine rings is 1. The highest BCUT2D eigenvalue weighted by molar-refractivity contribution is 7.14. The minimum atomic E-state index is -2.28. The molecule has 0 bridgehead atoms. The molecule has 5 aromatic rings. The molecule has 2 amide bonds. The maximum absolute atomic E-state index is 13.1. The predicted octanol–water partition coefficient (Wildman–Crippen LogP) is 8.91. The Labute approximate surface area is 354 Å². The lowest BCUT2D eigenvalue weighted by Crippen LogP contribution is -2.43. The summed E-state index contributed by atoms with van der Waals surface area (Å²) < 4.78 is 18.4. The molecule has 3 aromatic carbocycles. The fourth-order valence-electron chi connectivity index (χ4n) is 6.78. The van der Waals surface area contributed by atoms with Crippen molar-refractivity contribution < 1.29 is 28.6 Å². The summed E-state index contributed by atoms with van der Waals surface area (Å²) in [4.78, 5) is 47.3. The summed E-state index contributed by atoms with van der Waals surface area (Å²) in [6.07, 6.45) is 0.472. The Bertz CT molecular complexity index is 2310. The van der Waals surface area contributed by atoms with Gasteiger partial charge in [0.2, 0.25) is 11.5 Å². The van der Waals surface area contributed by atoms with Crippen molar-refractivity contribution in [2.45, 2.75) is 76.9 Å². The first-order chi connectivity index (χ1) is 28.1. The molecule has 0 radical (unpaired) electrons. The lowest BCUT2D eigenvalue weighted by molar-refractivity contribution is -0.116. The fourth-order valence-corrected chi connectivity index (χ4v) is 8.97. The van der Waals surface area contributed by atoms with Gasteiger partial charge in [-0.25, -0.2) is 9.78 Å². The number of H-pyrrole nitrogens is 1. The zero-order chi connectivity index (χ0) is 42.3. The largest absolute Gasteiger partial charge is 0.506 e. The summed E-state index contributed by atoms with van der Waals surface area (Å²) in [5.41, 5.74) is 5.49. The van der Waals surface area contributed by atoms with Crippen molar-refractivity contribution in [2.75, 3.05) is 43.9 Å². The van der Waals surface area contributed by atoms with Gasteiger partial charge in [0.1, 0.15) is 28.3 Å². The van der Waals surface area contributed by atoms with Crippen LogP contribution in [0.1, 0.15) is 57.3 Å². The van der Waals surface area contributed by atoms with Crippen molar-refractivity contribution in [2.24, 2.45) is 0 Å². The molecule has 59 heavy (non-hydrogen) atoms. The number of methoxy groups -OCH3 is 1. The van der Waals surface area contributed by atoms with Crippen molar-refractivity contribution in [3.8, 4) is 22.8 Å². The van der Waals surface area contributed by atoms with Crippen molar-refractivity contribution >= 4 is 64.8 Å². The van der Waals surface area contributed by atoms with E-state index in [0.717, 1.165) is 16.7 Å². The van der Waals surface area contributed by atoms with Crippen molar-refractivity contribution in [3.63, 3.8) is 0 Å². The molecule has 0 saturated carbocycles. The zero-order valence-corrected chi connectivity index (χ0v) is 36.9. The van der Waals surface area contributed by atoms with Crippen LogP contribution in [0.25, 0.3) is 22.2 Å². The first-order valence-electron chi connectivity index (χ1n) is 19.7. The summed E-state index contributed by atoms with van der Waals surface area (Å²) in [6, 6.07) is 19.8. The Morgan fingerprint density at radius 3 is 2.53 bits per heavy atom. The highest BCUT2D eigenvalue weighted by atomic mass is 35.5. The Kier molecular flexibility index (Phi) is 14.2. The number of rotatable bonds is 15. The number of aromatic nitrogens is 2. The Hall–Kier alpha value is -4.77. The second kappa shape index (κ2) is 19.1. The van der Waals surface area contributed by atoms with Crippen LogP contribution in [0.15, 0.2) is 77.0 Å². The number of piperidine rings is 1. The first-order valence-corrected chi connectivity index (χ1v) is 23.9. The molecule has 16 heteroatoms. The molecule has 6 rings (SSSR count). The Morgan fingerprint density at radius 2 is 1.81 bits per heavy atom. The topological polar surface area (TPSA) is 167 Å². The summed E-state index contributed by atoms with van der Waals surface area (Å²) in [6.45, 7) is 13.7. The number of phenols is 1. The van der Waals surface area contributed by atoms with E-state index in [-0.39, 0.29) is 34.8 Å². The van der Waals surface area contributed by atoms with Gasteiger partial charge in [-0.3, -0.25) is 14.9 Å². The number of ether oxygens (including phenoxy) is 2. The minimum Gasteiger partial charge on any atom is -0.506 e. The molecule has 1 fully saturated rings. The number of nitrogens with zero attached hydrogens (tertiary/aromatic N) is 2. The highest BCUT2D eigenvalue weighted by Crippen LogP contribution is 2.41. The Morgan fingerprint density at radius 1 is 1.07 bits per heavy atom. The Balaban J connectivity index is 1.00. The van der Waals surface area contributed by atoms with Gasteiger partial charge < -0.3 is 39.5 Å². The van der Waals surface area contributed by atoms with Crippen LogP contribution in [0.5, 0.6) is 11.5 Å². The van der Waals surface area contributed by atoms with Gasteiger partial charge in [-0.2, -0.15) is 0 Å². The van der Waals surface area contributed by atoms with E-state index in [1.54, 1.807) is 36.9 Å². The van der Waals surface area contributed by atoms with E-state index >= 15 is 0 Å². The number of halogens is 1. The lowest BCUT2D eigenvalue weighted by Gasteiger charge is -2.39. The molecule has 1 aliphatic heterocycles. The number of benzene rings is 3. The molecule has 0 aliphatic carbocycles. The number of fused-ring (bicyclic) bond motifs is 1. The summed E-state index contributed by atoms with van der Waals surface area (Å²) in [5, 5.41) is 21.5. The summed E-state index contributed by atoms with van der Waals surface area (Å²) >= 11 is 8.08. The average Bonchev–Trinajstić information content (AvgIpc) is 3.66. The number of thiazole rings is 1. The summed E-state index contributed by atoms with van der Waals surface area (Å²) in [5.74, 6) is 0.375. The van der Waals surface area contributed by atoms with Crippen LogP contribution in [0.3, 0.4) is 0 Å². The van der Waals surface area contributed by atoms with Gasteiger partial charge in [0.05, 0.1) is 35.0 Å². The van der Waals surface area contributed by atoms with Crippen molar-refractivity contribution in [1.82, 2.24) is 20.2 Å². The van der Waals surface area contributed by atoms with E-state index in [0.29, 0.717) is 83.6 Å². The number of carbonyl (C=O) groups excluding carboxylic acids is 2. The van der Waals surface area contributed by atoms with Gasteiger partial charge in [-0.05, 0) is 54.7 Å². The lowest BCUT2D eigenvalue weighted by atomic mass is 10.0. The molecule has 2 aromatic heterocycles. The molecule has 0 spiro atoms. The van der Waals surface area contributed by atoms with Crippen LogP contribution in [0.2, 0.25) is 23.2 Å². The maximum Gasteiger partial charge on any atom is 0.412 e. The number of aromatic hydroxyl groups is 1. The van der Waals surface area contributed by atoms with Gasteiger partial charge in [0, 0.05) is 67.8 Å². The molecule has 5 N–H and O–H groups in total. The third-order valence-corrected chi connectivity index (χ3v) is 16.6. The van der Waals surface area contributed by atoms with Crippen molar-refractivity contribution in [3.05, 3.63) is 98.7 Å². The number of likely N-dealkylation sites (tertiary alicyclic amines) is 1. The van der Waals surface area contributed by atoms with Crippen LogP contribution < -0.4 is 26.2 Å². The third-order valence-electron chi connectivity index (χ3n) is 11.1. The molecular formula is C43H53ClN6O7SSi. The molecular weight excluding hydrogens is 808 g/mol. The third kappa shape index (κ3) is 11.1. The average molecular weight is 862 g/mol. The van der Waals surface area contributed by atoms with E-state index in [2.05, 4.69) is 64.7 Å². The molecule has 1 saturated heterocycles. The number of anilines is 2. The number of phenolic OH excluding ortho intramolecular Hbond substituents is 1. The number of aromatic amines is 1. The minimum absolute atomic E-state index is 0.00775. The smallest absolute Gasteiger partial charge is 0.412 e. The van der Waals surface area contributed by atoms with E-state index in [9.17, 15) is 19.5 Å². The van der Waals surface area contributed by atoms with Crippen LogP contribution in [0, 0.1) is 0 Å². The number of hydrogen-bond acceptors (Lipinski definition) is 11. The number of nitrogens with one attached hydrogen (secondary N) is 4. The van der Waals surface area contributed by atoms with Gasteiger partial charge in [-0.15, -0.1) is 11.3 Å². The van der Waals surface area contributed by atoms with Crippen LogP contribution in [0.4, 0.5) is 15.5 Å². The van der Waals surface area contributed by atoms with E-state index < -0.39 is 20.5 Å². The molecule has 1 atom stereocenters. The maximum atomic E-state index is 13.1. The number of hydrogen-bond donors (Lipinski definition) is 5. The second-order valence-electron chi connectivity index (χ2n) is 16.2. The molecule has 314 valence electrons. The quantitative estimate of drug-likeness (QED) is 0.0642. The second-order valence-corrected chi connectivity index (χ2v) is 22.2. The highest BCUT2D eigenvalue weighted by Gasteiger charge is 2.40. The van der Waals surface area contributed by atoms with Gasteiger partial charge in [0.25, 0.3) is 0 Å². The van der Waals surface area contributed by atoms with Gasteiger partial charge in [-0.1, -0.05) is 68.8 Å². The van der Waals surface area contributed by atoms with Gasteiger partial charge in [0.15, 0.2) is 8.32 Å². The van der Waals surface area contributed by atoms with Crippen LogP contribution in [-0.2, 0) is 20.5 Å². The standard InChI is InChI=1S/C43H53ClN6O7SSi/c1-43(2,3)59(5,6)57-36(30-12-14-34(51)40-31(30)13-15-37(52)48-40)25-45-24-28-22-32(44)33(23-35(28)55-4)47-38(53)18-21-50-19-16-29(17-20-50)56-42(54)49-41-39(46-26-58-41)27-10-8-7-9-11-27/h7-15,22-23,26,29,36,45,51H,16-21,24-25H2,1-6H3,(H,47,53)(H,48,52)(H,49,54)/t36-/m0/s1. The fraction of sp³-hybridized carbons (Fsp3) is 0.395. The predicted molar refractivity (Wildman–Crippen MR) is 237 cm³/mol. The molecule has 1 aliphatic rings. The van der Waals surface area contributed by atoms with E-state index in [1.807, 2.05) is 36.4 Å².